The SMILES string of the molecule is CC(=O)N(CCCNC(=O)c1cc(C(=O)NCCCN(CC(P(=O)(O)O)P(=O)(O)O)C(C)=O)cc(C(=O)NCCCN(CC(P(=O)(O)O)P(=O)(O)O)C(C)=O)c1)CC(P(=O)(O)O)P(=O)(O)O. The molecule has 36 heteroatoms. The summed E-state index contributed by atoms with van der Waals surface area (Å²) in [6.07, 6.45) is -0.474. The lowest BCUT2D eigenvalue weighted by Crippen LogP contribution is -2.38. The van der Waals surface area contributed by atoms with Gasteiger partial charge in [0.15, 0.2) is 16.2 Å². The number of nitrogens with one attached hydrogen (secondary N) is 3. The number of rotatable bonds is 27. The molecule has 0 heterocycles. The van der Waals surface area contributed by atoms with E-state index in [4.69, 9.17) is 0 Å². The van der Waals surface area contributed by atoms with Crippen LogP contribution < -0.4 is 16.0 Å². The molecule has 378 valence electrons. The number of carbonyl (C=O) groups is 6. The molecule has 15 N–H and O–H groups in total. The maximum Gasteiger partial charge on any atom is 0.342 e. The van der Waals surface area contributed by atoms with Crippen LogP contribution >= 0.6 is 45.6 Å². The smallest absolute Gasteiger partial charge is 0.342 e. The Morgan fingerprint density at radius 1 is 0.409 bits per heavy atom. The van der Waals surface area contributed by atoms with E-state index in [0.29, 0.717) is 0 Å². The van der Waals surface area contributed by atoms with Gasteiger partial charge in [-0.15, -0.1) is 0 Å². The van der Waals surface area contributed by atoms with E-state index in [1.165, 1.54) is 0 Å². The van der Waals surface area contributed by atoms with Crippen molar-refractivity contribution < 1.29 is 115 Å². The Balaban J connectivity index is 3.32. The van der Waals surface area contributed by atoms with Crippen molar-refractivity contribution in [2.24, 2.45) is 0 Å². The van der Waals surface area contributed by atoms with Crippen molar-refractivity contribution in [1.29, 1.82) is 0 Å². The summed E-state index contributed by atoms with van der Waals surface area (Å²) in [4.78, 5) is 192. The average molecular weight is 1070 g/mol. The molecule has 1 aromatic carbocycles. The quantitative estimate of drug-likeness (QED) is 0.0324. The summed E-state index contributed by atoms with van der Waals surface area (Å²) in [5.41, 5.74) is -1.02. The van der Waals surface area contributed by atoms with E-state index in [9.17, 15) is 115 Å². The van der Waals surface area contributed by atoms with Gasteiger partial charge >= 0.3 is 45.6 Å². The van der Waals surface area contributed by atoms with Gasteiger partial charge in [0, 0.05) is 96.4 Å². The van der Waals surface area contributed by atoms with Crippen LogP contribution in [0.4, 0.5) is 0 Å². The number of hydrogen-bond donors (Lipinski definition) is 15. The summed E-state index contributed by atoms with van der Waals surface area (Å²) >= 11 is 0. The Hall–Kier alpha value is -3.06. The van der Waals surface area contributed by atoms with Crippen LogP contribution in [0, 0.1) is 0 Å². The van der Waals surface area contributed by atoms with E-state index >= 15 is 0 Å². The highest BCUT2D eigenvalue weighted by Crippen LogP contribution is 2.61. The molecular weight excluding hydrogens is 1010 g/mol. The van der Waals surface area contributed by atoms with Crippen molar-refractivity contribution in [2.45, 2.75) is 56.2 Å². The van der Waals surface area contributed by atoms with Crippen LogP contribution in [0.1, 0.15) is 71.1 Å². The number of amides is 6. The fraction of sp³-hybridized carbons (Fsp3) is 0.600. The maximum absolute atomic E-state index is 13.3. The Bertz CT molecular complexity index is 1910. The molecule has 1 rings (SSSR count). The summed E-state index contributed by atoms with van der Waals surface area (Å²) in [6.45, 7) is -2.28. The monoisotopic (exact) mass is 1070 g/mol. The zero-order chi connectivity index (χ0) is 51.4. The molecule has 0 aliphatic carbocycles. The highest BCUT2D eigenvalue weighted by atomic mass is 31.2. The molecule has 0 aromatic heterocycles. The van der Waals surface area contributed by atoms with Crippen LogP contribution in [0.3, 0.4) is 0 Å². The first-order valence-electron chi connectivity index (χ1n) is 18.9. The summed E-state index contributed by atoms with van der Waals surface area (Å²) < 4.78 is 70.4. The summed E-state index contributed by atoms with van der Waals surface area (Å²) in [7, 11) is -32.4. The minimum absolute atomic E-state index is 0.158. The Kier molecular flexibility index (Phi) is 23.1. The van der Waals surface area contributed by atoms with Crippen molar-refractivity contribution >= 4 is 81.0 Å². The Morgan fingerprint density at radius 3 is 0.742 bits per heavy atom. The first-order valence-corrected chi connectivity index (χ1v) is 28.9. The van der Waals surface area contributed by atoms with Gasteiger partial charge in [0.25, 0.3) is 17.7 Å². The van der Waals surface area contributed by atoms with Gasteiger partial charge in [-0.25, -0.2) is 0 Å². The fourth-order valence-electron chi connectivity index (χ4n) is 5.69. The lowest BCUT2D eigenvalue weighted by Gasteiger charge is -2.27. The Labute approximate surface area is 375 Å². The second-order valence-electron chi connectivity index (χ2n) is 14.5. The first-order chi connectivity index (χ1) is 29.8. The van der Waals surface area contributed by atoms with Crippen LogP contribution in [0.25, 0.3) is 0 Å². The molecule has 0 spiro atoms. The van der Waals surface area contributed by atoms with Gasteiger partial charge in [-0.2, -0.15) is 0 Å². The van der Waals surface area contributed by atoms with Crippen LogP contribution in [0.2, 0.25) is 0 Å². The minimum Gasteiger partial charge on any atom is -0.352 e. The molecule has 6 amide bonds. The fourth-order valence-corrected chi connectivity index (χ4v) is 12.9. The van der Waals surface area contributed by atoms with E-state index in [2.05, 4.69) is 16.0 Å². The predicted octanol–water partition coefficient (Wildman–Crippen LogP) is -2.36. The highest BCUT2D eigenvalue weighted by molar-refractivity contribution is 7.71. The molecule has 0 unspecified atom stereocenters. The summed E-state index contributed by atoms with van der Waals surface area (Å²) in [6, 6.07) is 3.05. The average Bonchev–Trinajstić information content (AvgIpc) is 3.12. The van der Waals surface area contributed by atoms with E-state index in [1.54, 1.807) is 0 Å². The Morgan fingerprint density at radius 2 is 0.591 bits per heavy atom. The van der Waals surface area contributed by atoms with Gasteiger partial charge in [0.05, 0.1) is 0 Å². The maximum atomic E-state index is 13.3. The molecule has 0 aliphatic heterocycles. The van der Waals surface area contributed by atoms with Crippen molar-refractivity contribution in [3.8, 4) is 0 Å². The van der Waals surface area contributed by atoms with Crippen molar-refractivity contribution in [3.63, 3.8) is 0 Å². The minimum atomic E-state index is -5.41. The van der Waals surface area contributed by atoms with Crippen molar-refractivity contribution in [2.75, 3.05) is 58.9 Å². The van der Waals surface area contributed by atoms with Gasteiger partial charge in [0.2, 0.25) is 17.7 Å². The molecule has 30 nitrogen and oxygen atoms in total. The zero-order valence-corrected chi connectivity index (χ0v) is 40.6. The van der Waals surface area contributed by atoms with Gasteiger partial charge in [0.1, 0.15) is 0 Å². The van der Waals surface area contributed by atoms with Crippen molar-refractivity contribution in [1.82, 2.24) is 30.7 Å². The second kappa shape index (κ2) is 25.0. The van der Waals surface area contributed by atoms with Gasteiger partial charge in [-0.05, 0) is 37.5 Å². The molecule has 0 bridgehead atoms. The number of benzene rings is 1. The molecule has 1 aromatic rings. The van der Waals surface area contributed by atoms with Gasteiger partial charge < -0.3 is 89.4 Å². The molecule has 0 saturated carbocycles. The third-order valence-corrected chi connectivity index (χ3v) is 20.3. The number of nitrogens with zero attached hydrogens (tertiary/aromatic N) is 3. The van der Waals surface area contributed by atoms with Crippen LogP contribution in [0.15, 0.2) is 18.2 Å². The molecule has 66 heavy (non-hydrogen) atoms. The summed E-state index contributed by atoms with van der Waals surface area (Å²) in [5, 5.41) is -0.358. The van der Waals surface area contributed by atoms with Crippen molar-refractivity contribution in [3.05, 3.63) is 34.9 Å². The molecule has 0 radical (unpaired) electrons. The third kappa shape index (κ3) is 21.1. The standard InChI is InChI=1S/C30H54N6O24P6/c1-19(37)34(16-25(61(43,44)45)62(46,47)48)10-4-7-31-28(40)22-13-23(29(41)32-8-5-11-35(20(2)38)17-26(63(49,50)51)64(52,53)54)15-24(14-22)30(42)33-9-6-12-36(21(3)39)18-27(65(55,56)57)66(58,59)60/h13-15,25-27H,4-12,16-18H2,1-3H3,(H,31,40)(H,32,41)(H,33,42)(H2,43,44,45)(H2,46,47,48)(H2,49,50,51)(H2,52,53,54)(H2,55,56,57)(H2,58,59,60). The molecule has 0 saturated heterocycles. The van der Waals surface area contributed by atoms with E-state index in [1.807, 2.05) is 0 Å². The summed E-state index contributed by atoms with van der Waals surface area (Å²) in [5.74, 6) is -5.32. The molecule has 0 aliphatic rings. The predicted molar refractivity (Wildman–Crippen MR) is 228 cm³/mol. The lowest BCUT2D eigenvalue weighted by molar-refractivity contribution is -0.129. The van der Waals surface area contributed by atoms with E-state index in [0.717, 1.165) is 53.7 Å². The van der Waals surface area contributed by atoms with Gasteiger partial charge in [-0.3, -0.25) is 56.2 Å². The normalized spacial score (nSPS) is 12.8. The molecular formula is C30H54N6O24P6. The molecule has 0 atom stereocenters. The molecule has 0 fully saturated rings. The van der Waals surface area contributed by atoms with E-state index < -0.39 is 117 Å². The van der Waals surface area contributed by atoms with E-state index in [-0.39, 0.29) is 75.2 Å². The second-order valence-corrected chi connectivity index (χ2v) is 26.5. The van der Waals surface area contributed by atoms with Crippen LogP contribution in [-0.2, 0) is 41.8 Å². The largest absolute Gasteiger partial charge is 0.352 e. The number of carbonyl (C=O) groups excluding carboxylic acids is 6. The third-order valence-electron chi connectivity index (χ3n) is 9.21. The van der Waals surface area contributed by atoms with Gasteiger partial charge in [-0.1, -0.05) is 0 Å². The number of hydrogen-bond acceptors (Lipinski definition) is 12. The van der Waals surface area contributed by atoms with Crippen LogP contribution in [0.5, 0.6) is 0 Å². The topological polar surface area (TPSA) is 493 Å². The zero-order valence-electron chi connectivity index (χ0n) is 35.2. The highest BCUT2D eigenvalue weighted by Gasteiger charge is 2.47. The lowest BCUT2D eigenvalue weighted by atomic mass is 10.0. The van der Waals surface area contributed by atoms with Crippen LogP contribution in [-0.4, -0.2) is 184 Å². The first kappa shape index (κ1) is 61.0.